The largest absolute Gasteiger partial charge is 0.481 e. The van der Waals surface area contributed by atoms with Gasteiger partial charge in [-0.2, -0.15) is 0 Å². The van der Waals surface area contributed by atoms with Gasteiger partial charge in [0.05, 0.1) is 5.92 Å². The van der Waals surface area contributed by atoms with Gasteiger partial charge in [-0.05, 0) is 74.3 Å². The van der Waals surface area contributed by atoms with Crippen LogP contribution in [0.3, 0.4) is 0 Å². The molecule has 21 heavy (non-hydrogen) atoms. The van der Waals surface area contributed by atoms with Crippen molar-refractivity contribution >= 4 is 16.9 Å². The molecule has 0 saturated carbocycles. The van der Waals surface area contributed by atoms with Crippen LogP contribution in [0.1, 0.15) is 48.6 Å². The van der Waals surface area contributed by atoms with Gasteiger partial charge in [0.25, 0.3) is 0 Å². The third kappa shape index (κ3) is 2.57. The summed E-state index contributed by atoms with van der Waals surface area (Å²) < 4.78 is 0. The molecule has 0 radical (unpaired) electrons. The number of carbonyl (C=O) groups is 1. The van der Waals surface area contributed by atoms with Crippen molar-refractivity contribution < 1.29 is 9.90 Å². The molecule has 1 heterocycles. The van der Waals surface area contributed by atoms with Crippen LogP contribution in [-0.4, -0.2) is 16.1 Å². The summed E-state index contributed by atoms with van der Waals surface area (Å²) in [7, 11) is 0. The van der Waals surface area contributed by atoms with Crippen LogP contribution in [0, 0.1) is 12.8 Å². The lowest BCUT2D eigenvalue weighted by atomic mass is 9.89. The molecule has 0 spiro atoms. The molecule has 0 fully saturated rings. The maximum Gasteiger partial charge on any atom is 0.306 e. The van der Waals surface area contributed by atoms with E-state index in [4.69, 9.17) is 0 Å². The molecule has 0 amide bonds. The molecule has 0 aliphatic heterocycles. The Morgan fingerprint density at radius 3 is 2.57 bits per heavy atom. The van der Waals surface area contributed by atoms with Crippen LogP contribution in [0.15, 0.2) is 12.1 Å². The Balaban J connectivity index is 2.05. The summed E-state index contributed by atoms with van der Waals surface area (Å²) in [5.74, 6) is -0.983. The Bertz CT molecular complexity index is 684. The second kappa shape index (κ2) is 5.55. The number of aromatic nitrogens is 1. The number of nitrogens with one attached hydrogen (secondary N) is 1. The summed E-state index contributed by atoms with van der Waals surface area (Å²) in [6, 6.07) is 4.58. The van der Waals surface area contributed by atoms with E-state index in [9.17, 15) is 9.90 Å². The number of hydrogen-bond donors (Lipinski definition) is 2. The SMILES string of the molecule is CCC(Cc1c(C)[nH]c2cc3c(cc12)CCCC3)C(=O)O. The Morgan fingerprint density at radius 2 is 1.95 bits per heavy atom. The number of rotatable bonds is 4. The molecule has 112 valence electrons. The summed E-state index contributed by atoms with van der Waals surface area (Å²) in [6.45, 7) is 4.01. The van der Waals surface area contributed by atoms with Crippen molar-refractivity contribution in [2.24, 2.45) is 5.92 Å². The number of H-pyrrole nitrogens is 1. The minimum Gasteiger partial charge on any atom is -0.481 e. The fourth-order valence-electron chi connectivity index (χ4n) is 3.53. The van der Waals surface area contributed by atoms with E-state index in [-0.39, 0.29) is 5.92 Å². The van der Waals surface area contributed by atoms with Crippen LogP contribution < -0.4 is 0 Å². The molecule has 3 nitrogen and oxygen atoms in total. The second-order valence-corrected chi connectivity index (χ2v) is 6.25. The Morgan fingerprint density at radius 1 is 1.29 bits per heavy atom. The summed E-state index contributed by atoms with van der Waals surface area (Å²) in [5, 5.41) is 10.5. The number of benzene rings is 1. The summed E-state index contributed by atoms with van der Waals surface area (Å²) >= 11 is 0. The number of carboxylic acids is 1. The molecule has 0 saturated heterocycles. The van der Waals surface area contributed by atoms with Gasteiger partial charge in [0, 0.05) is 16.6 Å². The van der Waals surface area contributed by atoms with Crippen molar-refractivity contribution in [3.05, 3.63) is 34.5 Å². The minimum absolute atomic E-state index is 0.293. The normalized spacial score (nSPS) is 15.9. The molecule has 1 aromatic heterocycles. The van der Waals surface area contributed by atoms with E-state index in [1.54, 1.807) is 0 Å². The lowest BCUT2D eigenvalue weighted by Crippen LogP contribution is -2.15. The highest BCUT2D eigenvalue weighted by atomic mass is 16.4. The highest BCUT2D eigenvalue weighted by Gasteiger charge is 2.20. The lowest BCUT2D eigenvalue weighted by molar-refractivity contribution is -0.141. The van der Waals surface area contributed by atoms with Gasteiger partial charge in [-0.1, -0.05) is 6.92 Å². The highest BCUT2D eigenvalue weighted by Crippen LogP contribution is 2.31. The van der Waals surface area contributed by atoms with Gasteiger partial charge in [0.1, 0.15) is 0 Å². The van der Waals surface area contributed by atoms with E-state index in [0.29, 0.717) is 12.8 Å². The summed E-state index contributed by atoms with van der Waals surface area (Å²) in [6.07, 6.45) is 6.17. The average molecular weight is 285 g/mol. The maximum absolute atomic E-state index is 11.3. The van der Waals surface area contributed by atoms with Gasteiger partial charge >= 0.3 is 5.97 Å². The molecule has 1 atom stereocenters. The van der Waals surface area contributed by atoms with Crippen LogP contribution in [0.25, 0.3) is 10.9 Å². The predicted octanol–water partition coefficient (Wildman–Crippen LogP) is 4.01. The molecule has 2 N–H and O–H groups in total. The Kier molecular flexibility index (Phi) is 3.75. The first-order valence-corrected chi connectivity index (χ1v) is 7.96. The molecule has 0 bridgehead atoms. The van der Waals surface area contributed by atoms with Crippen molar-refractivity contribution in [2.75, 3.05) is 0 Å². The molecule has 1 aliphatic rings. The van der Waals surface area contributed by atoms with Crippen LogP contribution in [-0.2, 0) is 24.1 Å². The Hall–Kier alpha value is -1.77. The standard InChI is InChI=1S/C18H23NO2/c1-3-12(18(20)21)8-15-11(2)19-17-10-14-7-5-4-6-13(14)9-16(15)17/h9-10,12,19H,3-8H2,1-2H3,(H,20,21). The van der Waals surface area contributed by atoms with Crippen molar-refractivity contribution in [1.29, 1.82) is 0 Å². The second-order valence-electron chi connectivity index (χ2n) is 6.25. The Labute approximate surface area is 125 Å². The quantitative estimate of drug-likeness (QED) is 0.891. The van der Waals surface area contributed by atoms with Crippen LogP contribution in [0.2, 0.25) is 0 Å². The van der Waals surface area contributed by atoms with Crippen molar-refractivity contribution in [3.8, 4) is 0 Å². The fourth-order valence-corrected chi connectivity index (χ4v) is 3.53. The van der Waals surface area contributed by atoms with E-state index >= 15 is 0 Å². The average Bonchev–Trinajstić information content (AvgIpc) is 2.76. The van der Waals surface area contributed by atoms with Crippen molar-refractivity contribution in [2.45, 2.75) is 52.4 Å². The third-order valence-electron chi connectivity index (χ3n) is 4.87. The van der Waals surface area contributed by atoms with Crippen molar-refractivity contribution in [3.63, 3.8) is 0 Å². The van der Waals surface area contributed by atoms with Gasteiger partial charge in [-0.25, -0.2) is 0 Å². The zero-order chi connectivity index (χ0) is 15.0. The molecule has 1 aliphatic carbocycles. The van der Waals surface area contributed by atoms with Crippen molar-refractivity contribution in [1.82, 2.24) is 4.98 Å². The van der Waals surface area contributed by atoms with E-state index < -0.39 is 5.97 Å². The molecule has 1 unspecified atom stereocenters. The van der Waals surface area contributed by atoms with Gasteiger partial charge in [0.2, 0.25) is 0 Å². The first-order chi connectivity index (χ1) is 10.1. The number of hydrogen-bond acceptors (Lipinski definition) is 1. The number of aliphatic carboxylic acids is 1. The predicted molar refractivity (Wildman–Crippen MR) is 84.8 cm³/mol. The third-order valence-corrected chi connectivity index (χ3v) is 4.87. The van der Waals surface area contributed by atoms with Crippen LogP contribution in [0.5, 0.6) is 0 Å². The molecule has 2 aromatic rings. The highest BCUT2D eigenvalue weighted by molar-refractivity contribution is 5.87. The van der Waals surface area contributed by atoms with E-state index in [0.717, 1.165) is 12.1 Å². The van der Waals surface area contributed by atoms with Gasteiger partial charge in [-0.3, -0.25) is 4.79 Å². The first kappa shape index (κ1) is 14.2. The topological polar surface area (TPSA) is 53.1 Å². The zero-order valence-corrected chi connectivity index (χ0v) is 12.8. The molecular formula is C18H23NO2. The summed E-state index contributed by atoms with van der Waals surface area (Å²) in [4.78, 5) is 14.8. The molecule has 1 aromatic carbocycles. The number of carboxylic acid groups (broad SMARTS) is 1. The number of fused-ring (bicyclic) bond motifs is 2. The number of aromatic amines is 1. The van der Waals surface area contributed by atoms with E-state index in [1.807, 2.05) is 6.92 Å². The maximum atomic E-state index is 11.3. The number of aryl methyl sites for hydroxylation is 3. The van der Waals surface area contributed by atoms with Gasteiger partial charge in [0.15, 0.2) is 0 Å². The molecule has 3 heteroatoms. The summed E-state index contributed by atoms with van der Waals surface area (Å²) in [5.41, 5.74) is 6.40. The van der Waals surface area contributed by atoms with E-state index in [2.05, 4.69) is 24.0 Å². The smallest absolute Gasteiger partial charge is 0.306 e. The minimum atomic E-state index is -0.691. The van der Waals surface area contributed by atoms with Gasteiger partial charge in [-0.15, -0.1) is 0 Å². The molecular weight excluding hydrogens is 262 g/mol. The fraction of sp³-hybridized carbons (Fsp3) is 0.500. The molecule has 3 rings (SSSR count). The van der Waals surface area contributed by atoms with Gasteiger partial charge < -0.3 is 10.1 Å². The first-order valence-electron chi connectivity index (χ1n) is 7.96. The monoisotopic (exact) mass is 285 g/mol. The van der Waals surface area contributed by atoms with Crippen LogP contribution in [0.4, 0.5) is 0 Å². The van der Waals surface area contributed by atoms with Crippen LogP contribution >= 0.6 is 0 Å². The van der Waals surface area contributed by atoms with E-state index in [1.165, 1.54) is 46.9 Å². The zero-order valence-electron chi connectivity index (χ0n) is 12.8. The lowest BCUT2D eigenvalue weighted by Gasteiger charge is -2.16.